The van der Waals surface area contributed by atoms with Crippen molar-refractivity contribution in [3.63, 3.8) is 0 Å². The first-order valence-electron chi connectivity index (χ1n) is 6.13. The van der Waals surface area contributed by atoms with Gasteiger partial charge in [0, 0.05) is 18.6 Å². The van der Waals surface area contributed by atoms with E-state index in [9.17, 15) is 8.78 Å². The topological polar surface area (TPSA) is 29.3 Å². The lowest BCUT2D eigenvalue weighted by atomic mass is 10.0. The Hall–Kier alpha value is -1.00. The van der Waals surface area contributed by atoms with Crippen LogP contribution in [0.3, 0.4) is 0 Å². The van der Waals surface area contributed by atoms with Gasteiger partial charge in [-0.1, -0.05) is 6.07 Å². The van der Waals surface area contributed by atoms with Crippen LogP contribution in [-0.2, 0) is 0 Å². The summed E-state index contributed by atoms with van der Waals surface area (Å²) in [4.78, 5) is 2.34. The Balaban J connectivity index is 1.91. The number of benzene rings is 1. The fourth-order valence-corrected chi connectivity index (χ4v) is 2.79. The maximum atomic E-state index is 13.3. The quantitative estimate of drug-likeness (QED) is 0.855. The normalized spacial score (nSPS) is 29.8. The molecule has 2 N–H and O–H groups in total. The molecule has 0 amide bonds. The molecule has 1 aliphatic heterocycles. The van der Waals surface area contributed by atoms with Crippen LogP contribution in [0.15, 0.2) is 18.2 Å². The highest BCUT2D eigenvalue weighted by Crippen LogP contribution is 2.40. The third kappa shape index (κ3) is 1.96. The van der Waals surface area contributed by atoms with E-state index in [0.29, 0.717) is 6.04 Å². The van der Waals surface area contributed by atoms with Crippen molar-refractivity contribution in [2.45, 2.75) is 37.4 Å². The third-order valence-electron chi connectivity index (χ3n) is 3.78. The van der Waals surface area contributed by atoms with Gasteiger partial charge < -0.3 is 5.73 Å². The van der Waals surface area contributed by atoms with Crippen LogP contribution in [0.1, 0.15) is 30.9 Å². The van der Waals surface area contributed by atoms with Gasteiger partial charge in [0.05, 0.1) is 6.04 Å². The smallest absolute Gasteiger partial charge is 0.159 e. The van der Waals surface area contributed by atoms with Crippen molar-refractivity contribution < 1.29 is 8.78 Å². The number of hydrogen-bond donors (Lipinski definition) is 1. The van der Waals surface area contributed by atoms with Gasteiger partial charge in [-0.2, -0.15) is 0 Å². The van der Waals surface area contributed by atoms with E-state index >= 15 is 0 Å². The Morgan fingerprint density at radius 3 is 2.53 bits per heavy atom. The van der Waals surface area contributed by atoms with Gasteiger partial charge in [0.2, 0.25) is 0 Å². The standard InChI is InChI=1S/C13H16F2N2/c14-10-4-1-8(7-11(10)15)13-12(16)5-6-17(13)9-2-3-9/h1,4,7,9,12-13H,2-3,5-6,16H2/t12-,13-/m1/s1. The van der Waals surface area contributed by atoms with Gasteiger partial charge in [-0.05, 0) is 37.0 Å². The van der Waals surface area contributed by atoms with E-state index < -0.39 is 11.6 Å². The van der Waals surface area contributed by atoms with Gasteiger partial charge in [-0.15, -0.1) is 0 Å². The highest BCUT2D eigenvalue weighted by Gasteiger charge is 2.41. The molecule has 17 heavy (non-hydrogen) atoms. The summed E-state index contributed by atoms with van der Waals surface area (Å²) < 4.78 is 26.2. The summed E-state index contributed by atoms with van der Waals surface area (Å²) in [6, 6.07) is 4.82. The van der Waals surface area contributed by atoms with E-state index in [1.165, 1.54) is 25.0 Å². The summed E-state index contributed by atoms with van der Waals surface area (Å²) >= 11 is 0. The van der Waals surface area contributed by atoms with Crippen LogP contribution in [0.5, 0.6) is 0 Å². The Kier molecular flexibility index (Phi) is 2.64. The van der Waals surface area contributed by atoms with Crippen molar-refractivity contribution in [3.8, 4) is 0 Å². The molecule has 2 fully saturated rings. The molecule has 1 aliphatic carbocycles. The molecule has 4 heteroatoms. The second kappa shape index (κ2) is 4.03. The zero-order chi connectivity index (χ0) is 12.0. The number of rotatable bonds is 2. The molecule has 2 aliphatic rings. The van der Waals surface area contributed by atoms with Crippen molar-refractivity contribution in [2.24, 2.45) is 5.73 Å². The van der Waals surface area contributed by atoms with Crippen LogP contribution in [0.2, 0.25) is 0 Å². The molecule has 0 spiro atoms. The fraction of sp³-hybridized carbons (Fsp3) is 0.538. The van der Waals surface area contributed by atoms with Crippen molar-refractivity contribution in [1.29, 1.82) is 0 Å². The van der Waals surface area contributed by atoms with Crippen molar-refractivity contribution in [2.75, 3.05) is 6.54 Å². The molecule has 0 unspecified atom stereocenters. The van der Waals surface area contributed by atoms with Gasteiger partial charge in [-0.3, -0.25) is 4.90 Å². The molecule has 2 nitrogen and oxygen atoms in total. The number of likely N-dealkylation sites (tertiary alicyclic amines) is 1. The van der Waals surface area contributed by atoms with E-state index in [1.807, 2.05) is 0 Å². The molecule has 0 bridgehead atoms. The first-order chi connectivity index (χ1) is 8.16. The summed E-state index contributed by atoms with van der Waals surface area (Å²) in [7, 11) is 0. The summed E-state index contributed by atoms with van der Waals surface area (Å²) in [6.45, 7) is 0.968. The maximum absolute atomic E-state index is 13.3. The first-order valence-corrected chi connectivity index (χ1v) is 6.13. The van der Waals surface area contributed by atoms with Crippen LogP contribution in [0.4, 0.5) is 8.78 Å². The lowest BCUT2D eigenvalue weighted by Gasteiger charge is -2.27. The summed E-state index contributed by atoms with van der Waals surface area (Å²) in [5, 5.41) is 0. The second-order valence-electron chi connectivity index (χ2n) is 5.04. The molecule has 1 saturated heterocycles. The SMILES string of the molecule is N[C@@H]1CCN(C2CC2)[C@@H]1c1ccc(F)c(F)c1. The third-order valence-corrected chi connectivity index (χ3v) is 3.78. The highest BCUT2D eigenvalue weighted by molar-refractivity contribution is 5.25. The minimum Gasteiger partial charge on any atom is -0.326 e. The zero-order valence-electron chi connectivity index (χ0n) is 9.57. The van der Waals surface area contributed by atoms with Crippen molar-refractivity contribution in [1.82, 2.24) is 4.90 Å². The van der Waals surface area contributed by atoms with E-state index in [-0.39, 0.29) is 12.1 Å². The minimum absolute atomic E-state index is 0.0282. The largest absolute Gasteiger partial charge is 0.326 e. The molecule has 1 heterocycles. The lowest BCUT2D eigenvalue weighted by molar-refractivity contribution is 0.236. The molecule has 92 valence electrons. The van der Waals surface area contributed by atoms with Crippen LogP contribution >= 0.6 is 0 Å². The van der Waals surface area contributed by atoms with E-state index in [2.05, 4.69) is 4.90 Å². The summed E-state index contributed by atoms with van der Waals surface area (Å²) in [6.07, 6.45) is 3.33. The number of nitrogens with two attached hydrogens (primary N) is 1. The monoisotopic (exact) mass is 238 g/mol. The molecular formula is C13H16F2N2. The molecule has 1 aromatic rings. The van der Waals surface area contributed by atoms with Crippen LogP contribution in [-0.4, -0.2) is 23.5 Å². The van der Waals surface area contributed by atoms with E-state index in [1.54, 1.807) is 6.07 Å². The average Bonchev–Trinajstić information content (AvgIpc) is 3.07. The number of hydrogen-bond acceptors (Lipinski definition) is 2. The Bertz CT molecular complexity index is 431. The van der Waals surface area contributed by atoms with E-state index in [0.717, 1.165) is 18.5 Å². The molecule has 1 aromatic carbocycles. The molecule has 0 radical (unpaired) electrons. The summed E-state index contributed by atoms with van der Waals surface area (Å²) in [5.41, 5.74) is 6.90. The van der Waals surface area contributed by atoms with Crippen molar-refractivity contribution >= 4 is 0 Å². The van der Waals surface area contributed by atoms with Gasteiger partial charge in [0.1, 0.15) is 0 Å². The Morgan fingerprint density at radius 1 is 1.12 bits per heavy atom. The highest BCUT2D eigenvalue weighted by atomic mass is 19.2. The Morgan fingerprint density at radius 2 is 1.88 bits per heavy atom. The first kappa shape index (κ1) is 11.1. The van der Waals surface area contributed by atoms with E-state index in [4.69, 9.17) is 5.73 Å². The lowest BCUT2D eigenvalue weighted by Crippen LogP contribution is -2.33. The molecule has 2 atom stereocenters. The average molecular weight is 238 g/mol. The van der Waals surface area contributed by atoms with Gasteiger partial charge in [-0.25, -0.2) is 8.78 Å². The predicted molar refractivity (Wildman–Crippen MR) is 61.4 cm³/mol. The van der Waals surface area contributed by atoms with Gasteiger partial charge in [0.15, 0.2) is 11.6 Å². The number of halogens is 2. The summed E-state index contributed by atoms with van der Waals surface area (Å²) in [5.74, 6) is -1.57. The minimum atomic E-state index is -0.793. The van der Waals surface area contributed by atoms with Crippen LogP contribution < -0.4 is 5.73 Å². The van der Waals surface area contributed by atoms with Crippen LogP contribution in [0, 0.1) is 11.6 Å². The maximum Gasteiger partial charge on any atom is 0.159 e. The molecule has 3 rings (SSSR count). The number of nitrogens with zero attached hydrogens (tertiary/aromatic N) is 1. The van der Waals surface area contributed by atoms with Crippen LogP contribution in [0.25, 0.3) is 0 Å². The van der Waals surface area contributed by atoms with Crippen molar-refractivity contribution in [3.05, 3.63) is 35.4 Å². The van der Waals surface area contributed by atoms with Gasteiger partial charge >= 0.3 is 0 Å². The molecule has 1 saturated carbocycles. The zero-order valence-corrected chi connectivity index (χ0v) is 9.57. The fourth-order valence-electron chi connectivity index (χ4n) is 2.79. The predicted octanol–water partition coefficient (Wildman–Crippen LogP) is 2.20. The molecular weight excluding hydrogens is 222 g/mol. The second-order valence-corrected chi connectivity index (χ2v) is 5.04. The van der Waals surface area contributed by atoms with Gasteiger partial charge in [0.25, 0.3) is 0 Å². The molecule has 0 aromatic heterocycles. The Labute approximate surface area is 99.4 Å².